The van der Waals surface area contributed by atoms with E-state index < -0.39 is 22.0 Å². The van der Waals surface area contributed by atoms with Gasteiger partial charge < -0.3 is 10.5 Å². The van der Waals surface area contributed by atoms with Crippen molar-refractivity contribution in [1.82, 2.24) is 9.29 Å². The highest BCUT2D eigenvalue weighted by Crippen LogP contribution is 2.27. The van der Waals surface area contributed by atoms with E-state index in [0.717, 1.165) is 4.31 Å². The zero-order valence-corrected chi connectivity index (χ0v) is 13.2. The number of pyridine rings is 1. The normalized spacial score (nSPS) is 20.1. The molecule has 7 nitrogen and oxygen atoms in total. The zero-order chi connectivity index (χ0) is 15.5. The Kier molecular flexibility index (Phi) is 5.07. The molecule has 0 aromatic carbocycles. The molecule has 2 N–H and O–H groups in total. The Morgan fingerprint density at radius 3 is 3.05 bits per heavy atom. The Morgan fingerprint density at radius 1 is 1.62 bits per heavy atom. The van der Waals surface area contributed by atoms with Crippen LogP contribution in [-0.4, -0.2) is 54.4 Å². The summed E-state index contributed by atoms with van der Waals surface area (Å²) in [6, 6.07) is 2.07. The van der Waals surface area contributed by atoms with Crippen LogP contribution in [0.25, 0.3) is 0 Å². The van der Waals surface area contributed by atoms with Crippen molar-refractivity contribution in [3.8, 4) is 0 Å². The van der Waals surface area contributed by atoms with Crippen molar-refractivity contribution in [2.75, 3.05) is 30.4 Å². The maximum atomic E-state index is 12.7. The summed E-state index contributed by atoms with van der Waals surface area (Å²) in [5.74, 6) is 0.391. The molecule has 1 aliphatic heterocycles. The van der Waals surface area contributed by atoms with Crippen molar-refractivity contribution in [3.63, 3.8) is 0 Å². The fourth-order valence-corrected chi connectivity index (χ4v) is 4.94. The van der Waals surface area contributed by atoms with Crippen molar-refractivity contribution in [3.05, 3.63) is 18.3 Å². The number of hydrogen-bond donors (Lipinski definition) is 1. The average Bonchev–Trinajstić information content (AvgIpc) is 2.48. The van der Waals surface area contributed by atoms with Gasteiger partial charge in [0.05, 0.1) is 6.61 Å². The smallest absolute Gasteiger partial charge is 0.325 e. The largest absolute Gasteiger partial charge is 0.465 e. The number of esters is 1. The number of anilines is 1. The topological polar surface area (TPSA) is 103 Å². The Balaban J connectivity index is 2.36. The Hall–Kier alpha value is -1.32. The van der Waals surface area contributed by atoms with Crippen LogP contribution in [0.15, 0.2) is 23.2 Å². The van der Waals surface area contributed by atoms with Gasteiger partial charge in [0.2, 0.25) is 10.0 Å². The van der Waals surface area contributed by atoms with Gasteiger partial charge in [0.25, 0.3) is 0 Å². The molecule has 0 aliphatic carbocycles. The van der Waals surface area contributed by atoms with Crippen molar-refractivity contribution < 1.29 is 17.9 Å². The minimum atomic E-state index is -3.87. The number of aromatic nitrogens is 1. The molecule has 1 saturated heterocycles. The molecule has 2 rings (SSSR count). The lowest BCUT2D eigenvalue weighted by atomic mass is 10.3. The van der Waals surface area contributed by atoms with Crippen LogP contribution in [0.5, 0.6) is 0 Å². The first kappa shape index (κ1) is 16.1. The van der Waals surface area contributed by atoms with Gasteiger partial charge in [-0.2, -0.15) is 16.1 Å². The van der Waals surface area contributed by atoms with Crippen molar-refractivity contribution in [2.45, 2.75) is 17.9 Å². The van der Waals surface area contributed by atoms with Crippen LogP contribution in [0, 0.1) is 0 Å². The van der Waals surface area contributed by atoms with Crippen LogP contribution in [0.4, 0.5) is 5.82 Å². The number of rotatable bonds is 4. The SMILES string of the molecule is CCOC(=O)C1CSCCN1S(=O)(=O)c1cccnc1N. The van der Waals surface area contributed by atoms with E-state index in [0.29, 0.717) is 11.5 Å². The molecular formula is C12H17N3O4S2. The minimum Gasteiger partial charge on any atom is -0.465 e. The number of sulfonamides is 1. The lowest BCUT2D eigenvalue weighted by Crippen LogP contribution is -2.50. The third-order valence-corrected chi connectivity index (χ3v) is 6.00. The maximum Gasteiger partial charge on any atom is 0.325 e. The summed E-state index contributed by atoms with van der Waals surface area (Å²) in [6.45, 7) is 2.14. The van der Waals surface area contributed by atoms with Gasteiger partial charge in [-0.1, -0.05) is 0 Å². The van der Waals surface area contributed by atoms with E-state index in [-0.39, 0.29) is 23.9 Å². The first-order valence-corrected chi connectivity index (χ1v) is 9.04. The monoisotopic (exact) mass is 331 g/mol. The molecule has 0 radical (unpaired) electrons. The second-order valence-corrected chi connectivity index (χ2v) is 7.35. The van der Waals surface area contributed by atoms with E-state index in [1.54, 1.807) is 6.92 Å². The van der Waals surface area contributed by atoms with Gasteiger partial charge in [0.15, 0.2) is 0 Å². The molecule has 1 unspecified atom stereocenters. The molecule has 21 heavy (non-hydrogen) atoms. The lowest BCUT2D eigenvalue weighted by molar-refractivity contribution is -0.146. The van der Waals surface area contributed by atoms with E-state index in [2.05, 4.69) is 4.98 Å². The van der Waals surface area contributed by atoms with Crippen LogP contribution >= 0.6 is 11.8 Å². The fraction of sp³-hybridized carbons (Fsp3) is 0.500. The van der Waals surface area contributed by atoms with Crippen LogP contribution in [0.2, 0.25) is 0 Å². The number of hydrogen-bond acceptors (Lipinski definition) is 7. The summed E-state index contributed by atoms with van der Waals surface area (Å²) in [7, 11) is -3.87. The molecule has 116 valence electrons. The van der Waals surface area contributed by atoms with Gasteiger partial charge in [-0.25, -0.2) is 13.4 Å². The standard InChI is InChI=1S/C12H17N3O4S2/c1-2-19-12(16)9-8-20-7-6-15(9)21(17,18)10-4-3-5-14-11(10)13/h3-5,9H,2,6-8H2,1H3,(H2,13,14). The number of carbonyl (C=O) groups is 1. The van der Waals surface area contributed by atoms with Gasteiger partial charge in [0, 0.05) is 24.2 Å². The Labute approximate surface area is 127 Å². The minimum absolute atomic E-state index is 0.0710. The molecule has 1 aliphatic rings. The molecule has 0 saturated carbocycles. The van der Waals surface area contributed by atoms with Gasteiger partial charge in [-0.15, -0.1) is 0 Å². The molecule has 1 atom stereocenters. The van der Waals surface area contributed by atoms with Crippen molar-refractivity contribution >= 4 is 33.6 Å². The van der Waals surface area contributed by atoms with Crippen LogP contribution in [0.3, 0.4) is 0 Å². The van der Waals surface area contributed by atoms with E-state index >= 15 is 0 Å². The molecule has 2 heterocycles. The molecule has 1 aromatic heterocycles. The highest BCUT2D eigenvalue weighted by Gasteiger charge is 2.39. The summed E-state index contributed by atoms with van der Waals surface area (Å²) in [5, 5.41) is 0. The lowest BCUT2D eigenvalue weighted by Gasteiger charge is -2.32. The second-order valence-electron chi connectivity index (χ2n) is 4.35. The van der Waals surface area contributed by atoms with E-state index in [9.17, 15) is 13.2 Å². The summed E-state index contributed by atoms with van der Waals surface area (Å²) < 4.78 is 31.6. The summed E-state index contributed by atoms with van der Waals surface area (Å²) >= 11 is 1.52. The maximum absolute atomic E-state index is 12.7. The van der Waals surface area contributed by atoms with Crippen LogP contribution < -0.4 is 5.73 Å². The van der Waals surface area contributed by atoms with Crippen molar-refractivity contribution in [1.29, 1.82) is 0 Å². The molecule has 0 spiro atoms. The number of nitrogens with zero attached hydrogens (tertiary/aromatic N) is 2. The first-order valence-electron chi connectivity index (χ1n) is 6.45. The third kappa shape index (κ3) is 3.30. The van der Waals surface area contributed by atoms with Crippen LogP contribution in [0.1, 0.15) is 6.92 Å². The molecule has 1 aromatic rings. The molecule has 1 fully saturated rings. The van der Waals surface area contributed by atoms with E-state index in [4.69, 9.17) is 10.5 Å². The van der Waals surface area contributed by atoms with E-state index in [1.165, 1.54) is 30.1 Å². The number of thioether (sulfide) groups is 1. The van der Waals surface area contributed by atoms with E-state index in [1.807, 2.05) is 0 Å². The third-order valence-electron chi connectivity index (χ3n) is 3.02. The summed E-state index contributed by atoms with van der Waals surface area (Å²) in [4.78, 5) is 15.7. The number of carbonyl (C=O) groups excluding carboxylic acids is 1. The summed E-state index contributed by atoms with van der Waals surface area (Å²) in [5.41, 5.74) is 5.66. The predicted molar refractivity (Wildman–Crippen MR) is 80.3 cm³/mol. The highest BCUT2D eigenvalue weighted by atomic mass is 32.2. The van der Waals surface area contributed by atoms with Gasteiger partial charge in [0.1, 0.15) is 16.8 Å². The quantitative estimate of drug-likeness (QED) is 0.793. The zero-order valence-electron chi connectivity index (χ0n) is 11.6. The molecule has 0 bridgehead atoms. The number of nitrogens with two attached hydrogens (primary N) is 1. The van der Waals surface area contributed by atoms with Gasteiger partial charge >= 0.3 is 5.97 Å². The Bertz CT molecular complexity index is 621. The molecule has 0 amide bonds. The highest BCUT2D eigenvalue weighted by molar-refractivity contribution is 7.99. The number of nitrogen functional groups attached to an aromatic ring is 1. The molecule has 9 heteroatoms. The fourth-order valence-electron chi connectivity index (χ4n) is 2.05. The van der Waals surface area contributed by atoms with Crippen molar-refractivity contribution in [2.24, 2.45) is 0 Å². The summed E-state index contributed by atoms with van der Waals surface area (Å²) in [6.07, 6.45) is 1.42. The van der Waals surface area contributed by atoms with Gasteiger partial charge in [-0.05, 0) is 19.1 Å². The molecular weight excluding hydrogens is 314 g/mol. The van der Waals surface area contributed by atoms with Crippen LogP contribution in [-0.2, 0) is 19.6 Å². The number of ether oxygens (including phenoxy) is 1. The average molecular weight is 331 g/mol. The Morgan fingerprint density at radius 2 is 2.38 bits per heavy atom. The first-order chi connectivity index (χ1) is 9.98. The second kappa shape index (κ2) is 6.63. The van der Waals surface area contributed by atoms with Gasteiger partial charge in [-0.3, -0.25) is 4.79 Å². The predicted octanol–water partition coefficient (Wildman–Crippen LogP) is 0.333.